The molecule has 1 aliphatic heterocycles. The van der Waals surface area contributed by atoms with Gasteiger partial charge in [-0.15, -0.1) is 0 Å². The Balaban J connectivity index is 1.54. The molecule has 0 radical (unpaired) electrons. The highest BCUT2D eigenvalue weighted by Gasteiger charge is 2.36. The number of aryl methyl sites for hydroxylation is 1. The molecule has 11 heteroatoms. The van der Waals surface area contributed by atoms with Gasteiger partial charge in [-0.05, 0) is 57.2 Å². The number of carbonyl (C=O) groups is 3. The number of hydrogen-bond acceptors (Lipinski definition) is 7. The molecular formula is C27H40N4O7. The maximum atomic E-state index is 12.8. The highest BCUT2D eigenvalue weighted by atomic mass is 16.5. The quantitative estimate of drug-likeness (QED) is 0.200. The van der Waals surface area contributed by atoms with E-state index in [0.29, 0.717) is 50.9 Å². The first-order valence-electron chi connectivity index (χ1n) is 13.2. The molecule has 2 heterocycles. The number of carbonyl (C=O) groups excluding carboxylic acids is 1. The molecule has 0 spiro atoms. The minimum atomic E-state index is -1.06. The van der Waals surface area contributed by atoms with E-state index < -0.39 is 42.1 Å². The molecule has 6 N–H and O–H groups in total. The van der Waals surface area contributed by atoms with Gasteiger partial charge >= 0.3 is 11.9 Å². The SMILES string of the molecule is CC(C)NCC(O)COc1cccc2[nH]c(CCCC(N[C@@H](C)C(=O)N3CCC[C@H]3C(=O)O)C(=O)O)cc12. The number of amides is 1. The molecular weight excluding hydrogens is 492 g/mol. The van der Waals surface area contributed by atoms with Gasteiger partial charge in [0.1, 0.15) is 30.5 Å². The van der Waals surface area contributed by atoms with E-state index in [9.17, 15) is 29.7 Å². The summed E-state index contributed by atoms with van der Waals surface area (Å²) in [5.41, 5.74) is 1.81. The molecule has 210 valence electrons. The Morgan fingerprint density at radius 2 is 1.97 bits per heavy atom. The summed E-state index contributed by atoms with van der Waals surface area (Å²) in [5.74, 6) is -1.83. The second kappa shape index (κ2) is 13.6. The number of aliphatic hydroxyl groups is 1. The second-order valence-corrected chi connectivity index (χ2v) is 10.2. The minimum absolute atomic E-state index is 0.160. The number of nitrogens with zero attached hydrogens (tertiary/aromatic N) is 1. The summed E-state index contributed by atoms with van der Waals surface area (Å²) in [6, 6.07) is 5.28. The van der Waals surface area contributed by atoms with Crippen LogP contribution < -0.4 is 15.4 Å². The molecule has 0 saturated carbocycles. The van der Waals surface area contributed by atoms with E-state index >= 15 is 0 Å². The molecule has 1 aliphatic rings. The number of carboxylic acids is 2. The number of hydrogen-bond donors (Lipinski definition) is 6. The van der Waals surface area contributed by atoms with E-state index in [2.05, 4.69) is 15.6 Å². The molecule has 2 aromatic rings. The maximum absolute atomic E-state index is 12.8. The summed E-state index contributed by atoms with van der Waals surface area (Å²) in [6.07, 6.45) is 1.82. The van der Waals surface area contributed by atoms with Crippen LogP contribution in [-0.4, -0.2) is 93.0 Å². The van der Waals surface area contributed by atoms with Crippen LogP contribution in [0.25, 0.3) is 10.9 Å². The van der Waals surface area contributed by atoms with Gasteiger partial charge in [0.25, 0.3) is 0 Å². The van der Waals surface area contributed by atoms with E-state index in [0.717, 1.165) is 16.6 Å². The van der Waals surface area contributed by atoms with Crippen molar-refractivity contribution < 1.29 is 34.4 Å². The van der Waals surface area contributed by atoms with Crippen molar-refractivity contribution in [2.45, 2.75) is 83.1 Å². The van der Waals surface area contributed by atoms with Crippen molar-refractivity contribution in [1.29, 1.82) is 0 Å². The fraction of sp³-hybridized carbons (Fsp3) is 0.593. The molecule has 1 saturated heterocycles. The topological polar surface area (TPSA) is 164 Å². The average Bonchev–Trinajstić information content (AvgIpc) is 3.52. The number of aromatic amines is 1. The van der Waals surface area contributed by atoms with E-state index in [1.165, 1.54) is 4.90 Å². The highest BCUT2D eigenvalue weighted by Crippen LogP contribution is 2.27. The Hall–Kier alpha value is -3.15. The third kappa shape index (κ3) is 7.92. The number of ether oxygens (including phenoxy) is 1. The van der Waals surface area contributed by atoms with Crippen LogP contribution in [0.4, 0.5) is 0 Å². The van der Waals surface area contributed by atoms with Crippen LogP contribution in [0.1, 0.15) is 52.1 Å². The number of benzene rings is 1. The van der Waals surface area contributed by atoms with Crippen LogP contribution >= 0.6 is 0 Å². The predicted octanol–water partition coefficient (Wildman–Crippen LogP) is 1.74. The fourth-order valence-electron chi connectivity index (χ4n) is 4.75. The van der Waals surface area contributed by atoms with Gasteiger partial charge in [0, 0.05) is 35.7 Å². The molecule has 1 aromatic heterocycles. The van der Waals surface area contributed by atoms with Crippen molar-refractivity contribution >= 4 is 28.7 Å². The smallest absolute Gasteiger partial charge is 0.326 e. The van der Waals surface area contributed by atoms with Crippen LogP contribution in [0.5, 0.6) is 5.75 Å². The molecule has 1 aromatic carbocycles. The third-order valence-electron chi connectivity index (χ3n) is 6.75. The summed E-state index contributed by atoms with van der Waals surface area (Å²) in [5, 5.41) is 36.1. The number of aliphatic carboxylic acids is 2. The van der Waals surface area contributed by atoms with Gasteiger partial charge in [0.15, 0.2) is 0 Å². The van der Waals surface area contributed by atoms with Crippen LogP contribution in [0.3, 0.4) is 0 Å². The Morgan fingerprint density at radius 3 is 2.66 bits per heavy atom. The lowest BCUT2D eigenvalue weighted by molar-refractivity contribution is -0.149. The number of nitrogens with one attached hydrogen (secondary N) is 3. The first-order chi connectivity index (χ1) is 18.1. The average molecular weight is 533 g/mol. The maximum Gasteiger partial charge on any atom is 0.326 e. The number of fused-ring (bicyclic) bond motifs is 1. The standard InChI is InChI=1S/C27H40N4O7/c1-16(2)28-14-19(32)15-38-24-11-5-8-21-20(24)13-18(30-21)7-4-9-22(26(34)35)29-17(3)25(33)31-12-6-10-23(31)27(36)37/h5,8,11,13,16-17,19,22-23,28-30,32H,4,6-7,9-10,12,14-15H2,1-3H3,(H,34,35)(H,36,37)/t17-,19?,22?,23-/m0/s1. The summed E-state index contributed by atoms with van der Waals surface area (Å²) in [4.78, 5) is 40.7. The van der Waals surface area contributed by atoms with E-state index in [4.69, 9.17) is 4.74 Å². The van der Waals surface area contributed by atoms with Crippen molar-refractivity contribution in [3.63, 3.8) is 0 Å². The van der Waals surface area contributed by atoms with Crippen molar-refractivity contribution in [3.05, 3.63) is 30.0 Å². The fourth-order valence-corrected chi connectivity index (χ4v) is 4.75. The van der Waals surface area contributed by atoms with Gasteiger partial charge in [0.05, 0.1) is 6.04 Å². The third-order valence-corrected chi connectivity index (χ3v) is 6.75. The van der Waals surface area contributed by atoms with Crippen LogP contribution in [0.15, 0.2) is 24.3 Å². The molecule has 0 bridgehead atoms. The summed E-state index contributed by atoms with van der Waals surface area (Å²) < 4.78 is 5.86. The number of likely N-dealkylation sites (tertiary alicyclic amines) is 1. The molecule has 38 heavy (non-hydrogen) atoms. The van der Waals surface area contributed by atoms with Crippen molar-refractivity contribution in [2.24, 2.45) is 0 Å². The predicted molar refractivity (Wildman–Crippen MR) is 142 cm³/mol. The molecule has 11 nitrogen and oxygen atoms in total. The molecule has 2 unspecified atom stereocenters. The van der Waals surface area contributed by atoms with Gasteiger partial charge in [-0.25, -0.2) is 4.79 Å². The van der Waals surface area contributed by atoms with Gasteiger partial charge in [-0.1, -0.05) is 19.9 Å². The van der Waals surface area contributed by atoms with Crippen LogP contribution in [-0.2, 0) is 20.8 Å². The van der Waals surface area contributed by atoms with Crippen molar-refractivity contribution in [1.82, 2.24) is 20.5 Å². The van der Waals surface area contributed by atoms with Crippen LogP contribution in [0, 0.1) is 0 Å². The van der Waals surface area contributed by atoms with Gasteiger partial charge < -0.3 is 35.3 Å². The Kier molecular flexibility index (Phi) is 10.5. The molecule has 1 fully saturated rings. The first kappa shape index (κ1) is 29.4. The molecule has 3 rings (SSSR count). The largest absolute Gasteiger partial charge is 0.490 e. The van der Waals surface area contributed by atoms with Crippen molar-refractivity contribution in [3.8, 4) is 5.75 Å². The van der Waals surface area contributed by atoms with E-state index in [1.54, 1.807) is 6.92 Å². The highest BCUT2D eigenvalue weighted by molar-refractivity contribution is 5.88. The lowest BCUT2D eigenvalue weighted by Gasteiger charge is -2.27. The first-order valence-corrected chi connectivity index (χ1v) is 13.2. The molecule has 0 aliphatic carbocycles. The number of H-pyrrole nitrogens is 1. The summed E-state index contributed by atoms with van der Waals surface area (Å²) >= 11 is 0. The zero-order valence-corrected chi connectivity index (χ0v) is 22.3. The number of aliphatic hydroxyl groups excluding tert-OH is 1. The number of aromatic nitrogens is 1. The lowest BCUT2D eigenvalue weighted by atomic mass is 10.1. The van der Waals surface area contributed by atoms with Gasteiger partial charge in [0.2, 0.25) is 5.91 Å². The van der Waals surface area contributed by atoms with Crippen molar-refractivity contribution in [2.75, 3.05) is 19.7 Å². The Morgan fingerprint density at radius 1 is 1.21 bits per heavy atom. The Bertz CT molecular complexity index is 1100. The van der Waals surface area contributed by atoms with Gasteiger partial charge in [-0.3, -0.25) is 14.9 Å². The zero-order valence-electron chi connectivity index (χ0n) is 22.3. The molecule has 4 atom stereocenters. The van der Waals surface area contributed by atoms with Crippen LogP contribution in [0.2, 0.25) is 0 Å². The van der Waals surface area contributed by atoms with Gasteiger partial charge in [-0.2, -0.15) is 0 Å². The normalized spacial score (nSPS) is 18.0. The number of carboxylic acid groups (broad SMARTS) is 2. The number of rotatable bonds is 15. The summed E-state index contributed by atoms with van der Waals surface area (Å²) in [7, 11) is 0. The molecule has 1 amide bonds. The summed E-state index contributed by atoms with van der Waals surface area (Å²) in [6.45, 7) is 6.55. The second-order valence-electron chi connectivity index (χ2n) is 10.2. The zero-order chi connectivity index (χ0) is 27.8. The van der Waals surface area contributed by atoms with E-state index in [-0.39, 0.29) is 12.6 Å². The van der Waals surface area contributed by atoms with E-state index in [1.807, 2.05) is 38.1 Å². The Labute approximate surface area is 222 Å². The minimum Gasteiger partial charge on any atom is -0.490 e. The lowest BCUT2D eigenvalue weighted by Crippen LogP contribution is -2.53. The monoisotopic (exact) mass is 532 g/mol.